The molecule has 0 fully saturated rings. The van der Waals surface area contributed by atoms with Gasteiger partial charge in [0.2, 0.25) is 5.91 Å². The number of urea groups is 1. The van der Waals surface area contributed by atoms with Crippen LogP contribution in [0.3, 0.4) is 0 Å². The quantitative estimate of drug-likeness (QED) is 0.269. The van der Waals surface area contributed by atoms with Crippen molar-refractivity contribution in [2.75, 3.05) is 30.8 Å². The van der Waals surface area contributed by atoms with Crippen LogP contribution in [0.5, 0.6) is 5.75 Å². The summed E-state index contributed by atoms with van der Waals surface area (Å²) in [7, 11) is 1.62. The number of ether oxygens (including phenoxy) is 1. The molecular weight excluding hydrogens is 490 g/mol. The summed E-state index contributed by atoms with van der Waals surface area (Å²) in [5.74, 6) is 1.12. The summed E-state index contributed by atoms with van der Waals surface area (Å²) in [5.41, 5.74) is 5.02. The molecule has 0 saturated heterocycles. The first-order valence-corrected chi connectivity index (χ1v) is 13.0. The van der Waals surface area contributed by atoms with Gasteiger partial charge in [0.25, 0.3) is 0 Å². The number of anilines is 2. The first-order valence-electron chi connectivity index (χ1n) is 13.0. The molecule has 39 heavy (non-hydrogen) atoms. The average Bonchev–Trinajstić information content (AvgIpc) is 3.23. The van der Waals surface area contributed by atoms with Crippen molar-refractivity contribution in [2.45, 2.75) is 27.7 Å². The molecule has 3 aromatic carbocycles. The number of nitrogens with zero attached hydrogens (tertiary/aromatic N) is 3. The fourth-order valence-corrected chi connectivity index (χ4v) is 4.43. The molecule has 0 aliphatic carbocycles. The van der Waals surface area contributed by atoms with Crippen LogP contribution in [0.15, 0.2) is 78.9 Å². The molecule has 0 saturated carbocycles. The summed E-state index contributed by atoms with van der Waals surface area (Å²) >= 11 is 0. The molecule has 1 heterocycles. The maximum Gasteiger partial charge on any atom is 0.322 e. The largest absolute Gasteiger partial charge is 0.497 e. The van der Waals surface area contributed by atoms with E-state index in [-0.39, 0.29) is 24.4 Å². The van der Waals surface area contributed by atoms with E-state index in [2.05, 4.69) is 10.6 Å². The summed E-state index contributed by atoms with van der Waals surface area (Å²) < 4.78 is 7.02. The van der Waals surface area contributed by atoms with E-state index < -0.39 is 0 Å². The topological polar surface area (TPSA) is 88.5 Å². The molecule has 2 N–H and O–H groups in total. The Morgan fingerprint density at radius 2 is 1.67 bits per heavy atom. The van der Waals surface area contributed by atoms with Gasteiger partial charge in [0.1, 0.15) is 18.1 Å². The third-order valence-electron chi connectivity index (χ3n) is 6.17. The minimum Gasteiger partial charge on any atom is -0.497 e. The number of aryl methyl sites for hydroxylation is 2. The van der Waals surface area contributed by atoms with Crippen molar-refractivity contribution in [3.63, 3.8) is 0 Å². The van der Waals surface area contributed by atoms with Gasteiger partial charge in [-0.2, -0.15) is 5.10 Å². The third-order valence-corrected chi connectivity index (χ3v) is 6.17. The Morgan fingerprint density at radius 3 is 2.31 bits per heavy atom. The van der Waals surface area contributed by atoms with Crippen LogP contribution < -0.4 is 15.4 Å². The molecule has 4 aromatic rings. The Kier molecular flexibility index (Phi) is 8.66. The van der Waals surface area contributed by atoms with Crippen molar-refractivity contribution in [3.05, 3.63) is 90.1 Å². The van der Waals surface area contributed by atoms with Gasteiger partial charge in [0, 0.05) is 17.8 Å². The highest BCUT2D eigenvalue weighted by molar-refractivity contribution is 5.99. The van der Waals surface area contributed by atoms with Crippen LogP contribution in [-0.2, 0) is 4.79 Å². The SMILES string of the molecule is COc1ccc(-n2nc(C)c(-c3ccccc3)c2NC(=O)CN(CC(C)C)C(=O)Nc2cccc(C)c2)cc1. The minimum absolute atomic E-state index is 0.114. The molecule has 4 rings (SSSR count). The number of nitrogens with one attached hydrogen (secondary N) is 2. The van der Waals surface area contributed by atoms with Crippen molar-refractivity contribution in [1.82, 2.24) is 14.7 Å². The maximum atomic E-state index is 13.5. The fraction of sp³-hybridized carbons (Fsp3) is 0.258. The molecular formula is C31H35N5O3. The number of hydrogen-bond donors (Lipinski definition) is 2. The molecule has 0 unspecified atom stereocenters. The second-order valence-electron chi connectivity index (χ2n) is 9.91. The van der Waals surface area contributed by atoms with Gasteiger partial charge in [0.15, 0.2) is 0 Å². The Morgan fingerprint density at radius 1 is 0.949 bits per heavy atom. The van der Waals surface area contributed by atoms with Gasteiger partial charge in [-0.1, -0.05) is 56.3 Å². The summed E-state index contributed by atoms with van der Waals surface area (Å²) in [6.07, 6.45) is 0. The third kappa shape index (κ3) is 6.84. The average molecular weight is 526 g/mol. The van der Waals surface area contributed by atoms with Gasteiger partial charge in [-0.25, -0.2) is 9.48 Å². The molecule has 0 atom stereocenters. The number of benzene rings is 3. The van der Waals surface area contributed by atoms with Crippen LogP contribution in [0.1, 0.15) is 25.1 Å². The zero-order valence-electron chi connectivity index (χ0n) is 23.1. The Bertz CT molecular complexity index is 1430. The number of hydrogen-bond acceptors (Lipinski definition) is 4. The molecule has 202 valence electrons. The lowest BCUT2D eigenvalue weighted by atomic mass is 10.1. The highest BCUT2D eigenvalue weighted by atomic mass is 16.5. The van der Waals surface area contributed by atoms with Crippen molar-refractivity contribution in [2.24, 2.45) is 5.92 Å². The number of carbonyl (C=O) groups excluding carboxylic acids is 2. The van der Waals surface area contributed by atoms with Crippen LogP contribution in [0.25, 0.3) is 16.8 Å². The summed E-state index contributed by atoms with van der Waals surface area (Å²) in [6, 6.07) is 24.5. The molecule has 0 aliphatic heterocycles. The number of rotatable bonds is 9. The first-order chi connectivity index (χ1) is 18.7. The molecule has 0 radical (unpaired) electrons. The minimum atomic E-state index is -0.326. The lowest BCUT2D eigenvalue weighted by molar-refractivity contribution is -0.116. The van der Waals surface area contributed by atoms with E-state index in [1.807, 2.05) is 107 Å². The molecule has 8 heteroatoms. The fourth-order valence-electron chi connectivity index (χ4n) is 4.43. The van der Waals surface area contributed by atoms with Gasteiger partial charge >= 0.3 is 6.03 Å². The van der Waals surface area contributed by atoms with Crippen LogP contribution in [0.4, 0.5) is 16.3 Å². The number of amides is 3. The highest BCUT2D eigenvalue weighted by Gasteiger charge is 2.23. The predicted octanol–water partition coefficient (Wildman–Crippen LogP) is 6.29. The first kappa shape index (κ1) is 27.4. The zero-order valence-corrected chi connectivity index (χ0v) is 23.1. The van der Waals surface area contributed by atoms with Crippen LogP contribution in [0.2, 0.25) is 0 Å². The predicted molar refractivity (Wildman–Crippen MR) is 156 cm³/mol. The molecule has 0 spiro atoms. The standard InChI is InChI=1S/C31H35N5O3/c1-21(2)19-35(31(38)32-25-13-9-10-22(3)18-25)20-28(37)33-30-29(24-11-7-6-8-12-24)23(4)34-36(30)26-14-16-27(39-5)17-15-26/h6-18,21H,19-20H2,1-5H3,(H,32,38)(H,33,37). The Hall–Kier alpha value is -4.59. The Labute approximate surface area is 229 Å². The summed E-state index contributed by atoms with van der Waals surface area (Å²) in [6.45, 7) is 8.22. The van der Waals surface area contributed by atoms with Crippen molar-refractivity contribution < 1.29 is 14.3 Å². The second-order valence-corrected chi connectivity index (χ2v) is 9.91. The van der Waals surface area contributed by atoms with Gasteiger partial charge < -0.3 is 20.3 Å². The molecule has 3 amide bonds. The lowest BCUT2D eigenvalue weighted by Crippen LogP contribution is -2.42. The van der Waals surface area contributed by atoms with Crippen molar-refractivity contribution in [1.29, 1.82) is 0 Å². The smallest absolute Gasteiger partial charge is 0.322 e. The molecule has 1 aromatic heterocycles. The van der Waals surface area contributed by atoms with E-state index in [9.17, 15) is 9.59 Å². The van der Waals surface area contributed by atoms with E-state index in [4.69, 9.17) is 9.84 Å². The van der Waals surface area contributed by atoms with Gasteiger partial charge in [-0.15, -0.1) is 0 Å². The number of aromatic nitrogens is 2. The number of carbonyl (C=O) groups is 2. The van der Waals surface area contributed by atoms with Gasteiger partial charge in [0.05, 0.1) is 18.5 Å². The van der Waals surface area contributed by atoms with Crippen LogP contribution in [-0.4, -0.2) is 46.8 Å². The normalized spacial score (nSPS) is 10.8. The van der Waals surface area contributed by atoms with Crippen LogP contribution in [0, 0.1) is 19.8 Å². The highest BCUT2D eigenvalue weighted by Crippen LogP contribution is 2.33. The lowest BCUT2D eigenvalue weighted by Gasteiger charge is -2.24. The number of methoxy groups -OCH3 is 1. The maximum absolute atomic E-state index is 13.5. The molecule has 8 nitrogen and oxygen atoms in total. The van der Waals surface area contributed by atoms with Crippen molar-refractivity contribution in [3.8, 4) is 22.6 Å². The summed E-state index contributed by atoms with van der Waals surface area (Å²) in [4.78, 5) is 28.2. The monoisotopic (exact) mass is 525 g/mol. The van der Waals surface area contributed by atoms with E-state index >= 15 is 0 Å². The zero-order chi connectivity index (χ0) is 27.9. The van der Waals surface area contributed by atoms with Crippen molar-refractivity contribution >= 4 is 23.4 Å². The second kappa shape index (κ2) is 12.3. The van der Waals surface area contributed by atoms with E-state index in [0.717, 1.165) is 33.8 Å². The van der Waals surface area contributed by atoms with Gasteiger partial charge in [-0.05, 0) is 67.3 Å². The summed E-state index contributed by atoms with van der Waals surface area (Å²) in [5, 5.41) is 10.8. The van der Waals surface area contributed by atoms with E-state index in [0.29, 0.717) is 18.1 Å². The molecule has 0 aliphatic rings. The Balaban J connectivity index is 1.64. The van der Waals surface area contributed by atoms with E-state index in [1.54, 1.807) is 11.8 Å². The van der Waals surface area contributed by atoms with Gasteiger partial charge in [-0.3, -0.25) is 4.79 Å². The van der Waals surface area contributed by atoms with E-state index in [1.165, 1.54) is 4.90 Å². The molecule has 0 bridgehead atoms. The van der Waals surface area contributed by atoms with Crippen LogP contribution >= 0.6 is 0 Å².